The number of aromatic nitrogens is 1. The van der Waals surface area contributed by atoms with Gasteiger partial charge in [0.25, 0.3) is 5.91 Å². The van der Waals surface area contributed by atoms with Crippen LogP contribution in [0.2, 0.25) is 0 Å². The molecule has 0 spiro atoms. The highest BCUT2D eigenvalue weighted by molar-refractivity contribution is 6.01. The Morgan fingerprint density at radius 3 is 2.61 bits per heavy atom. The van der Waals surface area contributed by atoms with Gasteiger partial charge in [-0.2, -0.15) is 0 Å². The molecule has 0 aliphatic carbocycles. The topological polar surface area (TPSA) is 91.8 Å². The van der Waals surface area contributed by atoms with Crippen molar-refractivity contribution in [3.8, 4) is 5.75 Å². The van der Waals surface area contributed by atoms with Gasteiger partial charge in [0.1, 0.15) is 5.75 Å². The van der Waals surface area contributed by atoms with E-state index in [0.29, 0.717) is 49.5 Å². The average molecular weight is 422 g/mol. The molecule has 0 radical (unpaired) electrons. The van der Waals surface area contributed by atoms with Crippen LogP contribution in [-0.4, -0.2) is 60.4 Å². The SMILES string of the molecule is COc1ccccc1N1C[C@H](C(=O)N2CCC(NC(=O)c3cccnc3)CC2)CC1=O. The molecule has 1 atom stereocenters. The fourth-order valence-electron chi connectivity index (χ4n) is 4.23. The smallest absolute Gasteiger partial charge is 0.253 e. The lowest BCUT2D eigenvalue weighted by Gasteiger charge is -2.33. The van der Waals surface area contributed by atoms with Crippen LogP contribution >= 0.6 is 0 Å². The fourth-order valence-corrected chi connectivity index (χ4v) is 4.23. The Morgan fingerprint density at radius 1 is 1.13 bits per heavy atom. The van der Waals surface area contributed by atoms with Crippen molar-refractivity contribution in [1.29, 1.82) is 0 Å². The summed E-state index contributed by atoms with van der Waals surface area (Å²) < 4.78 is 5.37. The number of anilines is 1. The number of piperidine rings is 1. The van der Waals surface area contributed by atoms with Gasteiger partial charge in [0, 0.05) is 44.5 Å². The zero-order valence-corrected chi connectivity index (χ0v) is 17.5. The Kier molecular flexibility index (Phi) is 6.16. The van der Waals surface area contributed by atoms with Crippen LogP contribution < -0.4 is 15.0 Å². The van der Waals surface area contributed by atoms with Gasteiger partial charge < -0.3 is 19.9 Å². The van der Waals surface area contributed by atoms with E-state index in [1.807, 2.05) is 29.2 Å². The van der Waals surface area contributed by atoms with Crippen LogP contribution in [0, 0.1) is 5.92 Å². The standard InChI is InChI=1S/C23H26N4O4/c1-31-20-7-3-2-6-19(20)27-15-17(13-21(27)28)23(30)26-11-8-18(9-12-26)25-22(29)16-5-4-10-24-14-16/h2-7,10,14,17-18H,8-9,11-13,15H2,1H3,(H,25,29)/t17-/m1/s1. The predicted molar refractivity (Wildman–Crippen MR) is 115 cm³/mol. The van der Waals surface area contributed by atoms with Gasteiger partial charge in [-0.25, -0.2) is 0 Å². The highest BCUT2D eigenvalue weighted by Crippen LogP contribution is 2.33. The number of nitrogens with zero attached hydrogens (tertiary/aromatic N) is 3. The van der Waals surface area contributed by atoms with E-state index in [-0.39, 0.29) is 36.1 Å². The Labute approximate surface area is 181 Å². The molecule has 3 heterocycles. The second-order valence-electron chi connectivity index (χ2n) is 7.89. The maximum atomic E-state index is 13.0. The Morgan fingerprint density at radius 2 is 1.90 bits per heavy atom. The molecule has 31 heavy (non-hydrogen) atoms. The van der Waals surface area contributed by atoms with Crippen molar-refractivity contribution < 1.29 is 19.1 Å². The Bertz CT molecular complexity index is 957. The zero-order chi connectivity index (χ0) is 21.8. The quantitative estimate of drug-likeness (QED) is 0.794. The van der Waals surface area contributed by atoms with Crippen LogP contribution in [0.1, 0.15) is 29.6 Å². The van der Waals surface area contributed by atoms with E-state index in [4.69, 9.17) is 4.74 Å². The van der Waals surface area contributed by atoms with Crippen molar-refractivity contribution in [2.24, 2.45) is 5.92 Å². The molecule has 0 saturated carbocycles. The first-order valence-electron chi connectivity index (χ1n) is 10.5. The number of benzene rings is 1. The number of likely N-dealkylation sites (tertiary alicyclic amines) is 1. The van der Waals surface area contributed by atoms with Crippen molar-refractivity contribution in [2.75, 3.05) is 31.6 Å². The number of ether oxygens (including phenoxy) is 1. The molecule has 2 saturated heterocycles. The summed E-state index contributed by atoms with van der Waals surface area (Å²) in [6.07, 6.45) is 4.75. The lowest BCUT2D eigenvalue weighted by Crippen LogP contribution is -2.48. The summed E-state index contributed by atoms with van der Waals surface area (Å²) >= 11 is 0. The highest BCUT2D eigenvalue weighted by Gasteiger charge is 2.39. The van der Waals surface area contributed by atoms with E-state index in [0.717, 1.165) is 0 Å². The van der Waals surface area contributed by atoms with Crippen LogP contribution in [0.3, 0.4) is 0 Å². The average Bonchev–Trinajstić information content (AvgIpc) is 3.21. The second-order valence-corrected chi connectivity index (χ2v) is 7.89. The van der Waals surface area contributed by atoms with Crippen LogP contribution in [-0.2, 0) is 9.59 Å². The summed E-state index contributed by atoms with van der Waals surface area (Å²) in [6.45, 7) is 1.49. The first-order chi connectivity index (χ1) is 15.1. The number of carbonyl (C=O) groups excluding carboxylic acids is 3. The molecular formula is C23H26N4O4. The monoisotopic (exact) mass is 422 g/mol. The third-order valence-electron chi connectivity index (χ3n) is 5.92. The zero-order valence-electron chi connectivity index (χ0n) is 17.5. The van der Waals surface area contributed by atoms with Crippen LogP contribution in [0.15, 0.2) is 48.8 Å². The van der Waals surface area contributed by atoms with E-state index in [1.54, 1.807) is 36.5 Å². The third kappa shape index (κ3) is 4.52. The number of hydrogen-bond acceptors (Lipinski definition) is 5. The fraction of sp³-hybridized carbons (Fsp3) is 0.391. The summed E-state index contributed by atoms with van der Waals surface area (Å²) in [5.74, 6) is 0.0454. The second kappa shape index (κ2) is 9.16. The van der Waals surface area contributed by atoms with Gasteiger partial charge in [-0.3, -0.25) is 19.4 Å². The molecule has 0 bridgehead atoms. The molecule has 3 amide bonds. The highest BCUT2D eigenvalue weighted by atomic mass is 16.5. The lowest BCUT2D eigenvalue weighted by molar-refractivity contribution is -0.136. The lowest BCUT2D eigenvalue weighted by atomic mass is 10.0. The molecule has 4 rings (SSSR count). The summed E-state index contributed by atoms with van der Waals surface area (Å²) in [4.78, 5) is 45.4. The van der Waals surface area contributed by atoms with Crippen molar-refractivity contribution in [1.82, 2.24) is 15.2 Å². The Hall–Kier alpha value is -3.42. The van der Waals surface area contributed by atoms with Crippen LogP contribution in [0.25, 0.3) is 0 Å². The number of hydrogen-bond donors (Lipinski definition) is 1. The molecular weight excluding hydrogens is 396 g/mol. The van der Waals surface area contributed by atoms with Gasteiger partial charge in [0.2, 0.25) is 11.8 Å². The molecule has 1 aromatic carbocycles. The number of methoxy groups -OCH3 is 1. The summed E-state index contributed by atoms with van der Waals surface area (Å²) in [5.41, 5.74) is 1.23. The molecule has 1 N–H and O–H groups in total. The molecule has 0 unspecified atom stereocenters. The minimum Gasteiger partial charge on any atom is -0.495 e. The van der Waals surface area contributed by atoms with Crippen molar-refractivity contribution in [3.63, 3.8) is 0 Å². The first kappa shape index (κ1) is 20.8. The maximum absolute atomic E-state index is 13.0. The first-order valence-corrected chi connectivity index (χ1v) is 10.5. The van der Waals surface area contributed by atoms with Crippen molar-refractivity contribution in [2.45, 2.75) is 25.3 Å². The van der Waals surface area contributed by atoms with Gasteiger partial charge in [0.15, 0.2) is 0 Å². The van der Waals surface area contributed by atoms with Crippen molar-refractivity contribution in [3.05, 3.63) is 54.4 Å². The largest absolute Gasteiger partial charge is 0.495 e. The molecule has 1 aromatic heterocycles. The molecule has 2 aliphatic rings. The number of amides is 3. The molecule has 162 valence electrons. The molecule has 8 heteroatoms. The summed E-state index contributed by atoms with van der Waals surface area (Å²) in [5, 5.41) is 3.02. The van der Waals surface area contributed by atoms with Gasteiger partial charge in [-0.15, -0.1) is 0 Å². The van der Waals surface area contributed by atoms with E-state index in [1.165, 1.54) is 0 Å². The minimum atomic E-state index is -0.362. The minimum absolute atomic E-state index is 0.00258. The number of nitrogens with one attached hydrogen (secondary N) is 1. The number of pyridine rings is 1. The van der Waals surface area contributed by atoms with Crippen molar-refractivity contribution >= 4 is 23.4 Å². The molecule has 2 aliphatic heterocycles. The number of para-hydroxylation sites is 2. The van der Waals surface area contributed by atoms with Crippen LogP contribution in [0.4, 0.5) is 5.69 Å². The number of rotatable bonds is 5. The molecule has 8 nitrogen and oxygen atoms in total. The van der Waals surface area contributed by atoms with Gasteiger partial charge in [-0.1, -0.05) is 12.1 Å². The molecule has 2 fully saturated rings. The van der Waals surface area contributed by atoms with Gasteiger partial charge in [-0.05, 0) is 37.1 Å². The van der Waals surface area contributed by atoms with E-state index < -0.39 is 0 Å². The van der Waals surface area contributed by atoms with Gasteiger partial charge >= 0.3 is 0 Å². The normalized spacial score (nSPS) is 19.4. The predicted octanol–water partition coefficient (Wildman–Crippen LogP) is 1.86. The Balaban J connectivity index is 1.32. The molecule has 2 aromatic rings. The third-order valence-corrected chi connectivity index (χ3v) is 5.92. The van der Waals surface area contributed by atoms with Gasteiger partial charge in [0.05, 0.1) is 24.3 Å². The van der Waals surface area contributed by atoms with Crippen LogP contribution in [0.5, 0.6) is 5.75 Å². The van der Waals surface area contributed by atoms with E-state index >= 15 is 0 Å². The summed E-state index contributed by atoms with van der Waals surface area (Å²) in [7, 11) is 1.57. The summed E-state index contributed by atoms with van der Waals surface area (Å²) in [6, 6.07) is 10.8. The number of carbonyl (C=O) groups is 3. The van der Waals surface area contributed by atoms with E-state index in [2.05, 4.69) is 10.3 Å². The maximum Gasteiger partial charge on any atom is 0.253 e. The van der Waals surface area contributed by atoms with E-state index in [9.17, 15) is 14.4 Å².